The Bertz CT molecular complexity index is 304. The molecule has 2 N–H and O–H groups in total. The number of nitrogens with zero attached hydrogens (tertiary/aromatic N) is 1. The van der Waals surface area contributed by atoms with Crippen molar-refractivity contribution in [2.75, 3.05) is 0 Å². The molecule has 0 aliphatic heterocycles. The van der Waals surface area contributed by atoms with Gasteiger partial charge in [-0.2, -0.15) is 5.10 Å². The maximum atomic E-state index is 10.2. The number of hydrogen-bond donors (Lipinski definition) is 2. The number of rotatable bonds is 0. The Hall–Kier alpha value is -1.84. The van der Waals surface area contributed by atoms with Gasteiger partial charge in [0.15, 0.2) is 0 Å². The molecule has 0 aromatic carbocycles. The van der Waals surface area contributed by atoms with Crippen LogP contribution in [0.25, 0.3) is 0 Å². The average Bonchev–Trinajstić information content (AvgIpc) is 2.62. The van der Waals surface area contributed by atoms with Crippen LogP contribution in [0, 0.1) is 0 Å². The molecule has 0 spiro atoms. The number of aromatic nitrogens is 3. The molecule has 4 nitrogen and oxygen atoms in total. The number of nitrogens with one attached hydrogen (secondary N) is 2. The van der Waals surface area contributed by atoms with Crippen LogP contribution in [0.5, 0.6) is 0 Å². The fourth-order valence-electron chi connectivity index (χ4n) is 0.592. The number of hydrogen-bond acceptors (Lipinski definition) is 2. The fourth-order valence-corrected chi connectivity index (χ4v) is 0.592. The van der Waals surface area contributed by atoms with E-state index in [4.69, 9.17) is 0 Å². The van der Waals surface area contributed by atoms with E-state index in [9.17, 15) is 4.79 Å². The minimum absolute atomic E-state index is 0.0532. The monoisotopic (exact) mass is 163 g/mol. The molecule has 0 saturated heterocycles. The van der Waals surface area contributed by atoms with E-state index in [1.165, 1.54) is 6.07 Å². The Morgan fingerprint density at radius 2 is 2.08 bits per heavy atom. The zero-order valence-electron chi connectivity index (χ0n) is 6.40. The Labute approximate surface area is 69.3 Å². The van der Waals surface area contributed by atoms with Crippen LogP contribution in [0.15, 0.2) is 47.7 Å². The molecule has 0 bridgehead atoms. The summed E-state index contributed by atoms with van der Waals surface area (Å²) >= 11 is 0. The van der Waals surface area contributed by atoms with Crippen LogP contribution < -0.4 is 5.56 Å². The first kappa shape index (κ1) is 8.26. The normalized spacial score (nSPS) is 8.33. The molecule has 0 atom stereocenters. The lowest BCUT2D eigenvalue weighted by molar-refractivity contribution is 1.09. The Balaban J connectivity index is 0.000000127. The molecule has 0 fully saturated rings. The van der Waals surface area contributed by atoms with Crippen LogP contribution in [0.1, 0.15) is 0 Å². The molecule has 2 heterocycles. The zero-order valence-corrected chi connectivity index (χ0v) is 6.40. The van der Waals surface area contributed by atoms with E-state index in [2.05, 4.69) is 15.2 Å². The first-order valence-electron chi connectivity index (χ1n) is 3.47. The van der Waals surface area contributed by atoms with Crippen molar-refractivity contribution in [2.45, 2.75) is 0 Å². The molecule has 0 aliphatic rings. The summed E-state index contributed by atoms with van der Waals surface area (Å²) in [4.78, 5) is 12.7. The molecule has 0 saturated carbocycles. The van der Waals surface area contributed by atoms with E-state index < -0.39 is 0 Å². The van der Waals surface area contributed by atoms with Crippen molar-refractivity contribution in [3.8, 4) is 0 Å². The lowest BCUT2D eigenvalue weighted by Gasteiger charge is -1.73. The van der Waals surface area contributed by atoms with Gasteiger partial charge >= 0.3 is 0 Å². The van der Waals surface area contributed by atoms with Gasteiger partial charge in [0.05, 0.1) is 0 Å². The molecular weight excluding hydrogens is 154 g/mol. The summed E-state index contributed by atoms with van der Waals surface area (Å²) in [6.07, 6.45) is 5.06. The van der Waals surface area contributed by atoms with E-state index in [0.717, 1.165) is 0 Å². The second-order valence-electron chi connectivity index (χ2n) is 1.99. The predicted molar refractivity (Wildman–Crippen MR) is 45.7 cm³/mol. The molecule has 62 valence electrons. The number of pyridine rings is 1. The zero-order chi connectivity index (χ0) is 8.65. The number of H-pyrrole nitrogens is 2. The highest BCUT2D eigenvalue weighted by molar-refractivity contribution is 4.89. The molecule has 0 aliphatic carbocycles. The molecule has 2 aromatic rings. The highest BCUT2D eigenvalue weighted by Crippen LogP contribution is 1.67. The average molecular weight is 163 g/mol. The van der Waals surface area contributed by atoms with Gasteiger partial charge in [-0.05, 0) is 12.1 Å². The molecule has 0 radical (unpaired) electrons. The summed E-state index contributed by atoms with van der Waals surface area (Å²) in [6.45, 7) is 0. The quantitative estimate of drug-likeness (QED) is 0.603. The fraction of sp³-hybridized carbons (Fsp3) is 0. The van der Waals surface area contributed by atoms with E-state index in [0.29, 0.717) is 0 Å². The molecule has 4 heteroatoms. The van der Waals surface area contributed by atoms with E-state index in [-0.39, 0.29) is 5.56 Å². The summed E-state index contributed by atoms with van der Waals surface area (Å²) in [7, 11) is 0. The Morgan fingerprint density at radius 3 is 2.33 bits per heavy atom. The third-order valence-electron chi connectivity index (χ3n) is 1.09. The van der Waals surface area contributed by atoms with Crippen LogP contribution in [0.3, 0.4) is 0 Å². The van der Waals surface area contributed by atoms with Crippen molar-refractivity contribution in [3.63, 3.8) is 0 Å². The van der Waals surface area contributed by atoms with Gasteiger partial charge in [-0.25, -0.2) is 0 Å². The third kappa shape index (κ3) is 3.36. The van der Waals surface area contributed by atoms with E-state index in [1.807, 2.05) is 6.07 Å². The largest absolute Gasteiger partial charge is 0.329 e. The van der Waals surface area contributed by atoms with Crippen LogP contribution in [0.2, 0.25) is 0 Å². The molecule has 12 heavy (non-hydrogen) atoms. The van der Waals surface area contributed by atoms with Crippen LogP contribution in [-0.2, 0) is 0 Å². The summed E-state index contributed by atoms with van der Waals surface area (Å²) in [5.74, 6) is 0. The summed E-state index contributed by atoms with van der Waals surface area (Å²) in [6, 6.07) is 6.76. The highest BCUT2D eigenvalue weighted by atomic mass is 16.1. The SMILES string of the molecule is O=c1cccc[nH]1.c1cn[nH]c1. The third-order valence-corrected chi connectivity index (χ3v) is 1.09. The standard InChI is InChI=1S/C5H5NO.C3H4N2/c7-5-3-1-2-4-6-5;1-2-4-5-3-1/h1-4H,(H,6,7);1-3H,(H,4,5). The smallest absolute Gasteiger partial charge is 0.247 e. The van der Waals surface area contributed by atoms with Crippen LogP contribution in [-0.4, -0.2) is 15.2 Å². The van der Waals surface area contributed by atoms with Crippen molar-refractivity contribution in [2.24, 2.45) is 0 Å². The molecule has 0 unspecified atom stereocenters. The minimum atomic E-state index is -0.0532. The molecule has 2 rings (SSSR count). The minimum Gasteiger partial charge on any atom is -0.329 e. The van der Waals surface area contributed by atoms with Gasteiger partial charge in [-0.15, -0.1) is 0 Å². The lowest BCUT2D eigenvalue weighted by atomic mass is 10.5. The number of aromatic amines is 2. The summed E-state index contributed by atoms with van der Waals surface area (Å²) in [5, 5.41) is 6.21. The van der Waals surface area contributed by atoms with Crippen molar-refractivity contribution in [1.29, 1.82) is 0 Å². The van der Waals surface area contributed by atoms with E-state index in [1.54, 1.807) is 30.7 Å². The van der Waals surface area contributed by atoms with Crippen molar-refractivity contribution in [3.05, 3.63) is 53.2 Å². The second-order valence-corrected chi connectivity index (χ2v) is 1.99. The maximum Gasteiger partial charge on any atom is 0.247 e. The van der Waals surface area contributed by atoms with Crippen molar-refractivity contribution >= 4 is 0 Å². The van der Waals surface area contributed by atoms with Gasteiger partial charge in [0, 0.05) is 24.7 Å². The topological polar surface area (TPSA) is 61.5 Å². The predicted octanol–water partition coefficient (Wildman–Crippen LogP) is 0.785. The highest BCUT2D eigenvalue weighted by Gasteiger charge is 1.69. The van der Waals surface area contributed by atoms with Gasteiger partial charge in [0.1, 0.15) is 0 Å². The van der Waals surface area contributed by atoms with Gasteiger partial charge in [-0.1, -0.05) is 6.07 Å². The summed E-state index contributed by atoms with van der Waals surface area (Å²) in [5.41, 5.74) is -0.0532. The van der Waals surface area contributed by atoms with Crippen LogP contribution >= 0.6 is 0 Å². The van der Waals surface area contributed by atoms with Gasteiger partial charge in [0.25, 0.3) is 0 Å². The second kappa shape index (κ2) is 4.90. The van der Waals surface area contributed by atoms with Gasteiger partial charge < -0.3 is 4.98 Å². The Morgan fingerprint density at radius 1 is 1.17 bits per heavy atom. The van der Waals surface area contributed by atoms with Gasteiger partial charge in [0.2, 0.25) is 5.56 Å². The molecule has 2 aromatic heterocycles. The van der Waals surface area contributed by atoms with Crippen molar-refractivity contribution < 1.29 is 0 Å². The first-order valence-corrected chi connectivity index (χ1v) is 3.47. The molecule has 0 amide bonds. The van der Waals surface area contributed by atoms with Gasteiger partial charge in [-0.3, -0.25) is 9.89 Å². The lowest BCUT2D eigenvalue weighted by Crippen LogP contribution is -1.98. The molecular formula is C8H9N3O. The Kier molecular flexibility index (Phi) is 3.37. The first-order chi connectivity index (χ1) is 5.89. The van der Waals surface area contributed by atoms with Crippen molar-refractivity contribution in [1.82, 2.24) is 15.2 Å². The maximum absolute atomic E-state index is 10.2. The summed E-state index contributed by atoms with van der Waals surface area (Å²) < 4.78 is 0. The van der Waals surface area contributed by atoms with E-state index >= 15 is 0 Å². The van der Waals surface area contributed by atoms with Crippen LogP contribution in [0.4, 0.5) is 0 Å².